The van der Waals surface area contributed by atoms with Gasteiger partial charge in [-0.1, -0.05) is 12.1 Å². The monoisotopic (exact) mass is 377 g/mol. The number of anilines is 1. The number of piperidine rings is 1. The van der Waals surface area contributed by atoms with E-state index in [1.165, 1.54) is 5.56 Å². The van der Waals surface area contributed by atoms with Gasteiger partial charge in [0.05, 0.1) is 12.0 Å². The van der Waals surface area contributed by atoms with Crippen molar-refractivity contribution in [3.05, 3.63) is 29.8 Å². The minimum atomic E-state index is -0.419. The molecule has 1 heterocycles. The Morgan fingerprint density at radius 1 is 1.29 bits per heavy atom. The van der Waals surface area contributed by atoms with Crippen LogP contribution in [-0.4, -0.2) is 51.7 Å². The van der Waals surface area contributed by atoms with Crippen molar-refractivity contribution in [3.63, 3.8) is 0 Å². The summed E-state index contributed by atoms with van der Waals surface area (Å²) in [6.07, 6.45) is 1.62. The maximum Gasteiger partial charge on any atom is 0.233 e. The van der Waals surface area contributed by atoms with Crippen molar-refractivity contribution < 1.29 is 9.53 Å². The van der Waals surface area contributed by atoms with Crippen LogP contribution in [-0.2, 0) is 16.1 Å². The first-order valence-corrected chi connectivity index (χ1v) is 7.80. The van der Waals surface area contributed by atoms with Gasteiger partial charge in [-0.15, -0.1) is 24.8 Å². The van der Waals surface area contributed by atoms with E-state index in [2.05, 4.69) is 21.6 Å². The summed E-state index contributed by atoms with van der Waals surface area (Å²) in [7, 11) is 5.73. The molecule has 1 aliphatic heterocycles. The minimum Gasteiger partial charge on any atom is -0.384 e. The first-order chi connectivity index (χ1) is 10.6. The first kappa shape index (κ1) is 23.1. The Morgan fingerprint density at radius 3 is 2.54 bits per heavy atom. The smallest absolute Gasteiger partial charge is 0.233 e. The molecule has 0 unspecified atom stereocenters. The zero-order valence-electron chi connectivity index (χ0n) is 14.6. The zero-order valence-corrected chi connectivity index (χ0v) is 16.3. The summed E-state index contributed by atoms with van der Waals surface area (Å²) in [5, 5.41) is 6.39. The molecule has 5 nitrogen and oxygen atoms in total. The second-order valence-corrected chi connectivity index (χ2v) is 6.36. The lowest BCUT2D eigenvalue weighted by Gasteiger charge is -2.35. The van der Waals surface area contributed by atoms with Gasteiger partial charge >= 0.3 is 0 Å². The Labute approximate surface area is 157 Å². The van der Waals surface area contributed by atoms with Crippen LogP contribution in [0, 0.1) is 5.41 Å². The number of carbonyl (C=O) groups is 1. The fraction of sp³-hybridized carbons (Fsp3) is 0.588. The molecule has 1 aliphatic rings. The van der Waals surface area contributed by atoms with Crippen LogP contribution in [0.4, 0.5) is 5.69 Å². The Hall–Kier alpha value is -0.850. The van der Waals surface area contributed by atoms with Gasteiger partial charge in [-0.05, 0) is 57.7 Å². The number of methoxy groups -OCH3 is 1. The summed E-state index contributed by atoms with van der Waals surface area (Å²) in [5.41, 5.74) is 1.63. The van der Waals surface area contributed by atoms with E-state index in [4.69, 9.17) is 4.74 Å². The summed E-state index contributed by atoms with van der Waals surface area (Å²) in [6.45, 7) is 3.05. The van der Waals surface area contributed by atoms with E-state index in [1.54, 1.807) is 7.11 Å². The van der Waals surface area contributed by atoms with Gasteiger partial charge < -0.3 is 20.3 Å². The maximum absolute atomic E-state index is 12.8. The summed E-state index contributed by atoms with van der Waals surface area (Å²) < 4.78 is 5.32. The molecule has 1 aromatic rings. The van der Waals surface area contributed by atoms with Crippen LogP contribution < -0.4 is 10.6 Å². The number of carbonyl (C=O) groups excluding carboxylic acids is 1. The van der Waals surface area contributed by atoms with Crippen molar-refractivity contribution in [3.8, 4) is 0 Å². The fourth-order valence-electron chi connectivity index (χ4n) is 2.99. The molecule has 24 heavy (non-hydrogen) atoms. The highest BCUT2D eigenvalue weighted by molar-refractivity contribution is 5.95. The number of halogens is 2. The number of hydrogen-bond acceptors (Lipinski definition) is 4. The van der Waals surface area contributed by atoms with Crippen LogP contribution in [0.25, 0.3) is 0 Å². The van der Waals surface area contributed by atoms with E-state index in [-0.39, 0.29) is 30.7 Å². The first-order valence-electron chi connectivity index (χ1n) is 7.80. The lowest BCUT2D eigenvalue weighted by Crippen LogP contribution is -2.47. The Bertz CT molecular complexity index is 501. The largest absolute Gasteiger partial charge is 0.384 e. The summed E-state index contributed by atoms with van der Waals surface area (Å²) in [5.74, 6) is 0.0675. The standard InChI is InChI=1S/C17H27N3O2.2ClH/c1-20(2)12-14-5-4-6-15(11-14)19-16(21)17(13-22-3)7-9-18-10-8-17;;/h4-6,11,18H,7-10,12-13H2,1-3H3,(H,19,21);2*1H. The van der Waals surface area contributed by atoms with Gasteiger partial charge in [0, 0.05) is 19.3 Å². The van der Waals surface area contributed by atoms with Crippen LogP contribution in [0.5, 0.6) is 0 Å². The van der Waals surface area contributed by atoms with Crippen LogP contribution in [0.2, 0.25) is 0 Å². The van der Waals surface area contributed by atoms with Crippen molar-refractivity contribution in [2.75, 3.05) is 46.2 Å². The van der Waals surface area contributed by atoms with E-state index < -0.39 is 5.41 Å². The molecule has 0 bridgehead atoms. The quantitative estimate of drug-likeness (QED) is 0.799. The predicted molar refractivity (Wildman–Crippen MR) is 103 cm³/mol. The van der Waals surface area contributed by atoms with Crippen LogP contribution in [0.15, 0.2) is 24.3 Å². The average Bonchev–Trinajstić information content (AvgIpc) is 2.48. The Balaban J connectivity index is 0.00000264. The Kier molecular flexibility index (Phi) is 10.5. The van der Waals surface area contributed by atoms with Crippen LogP contribution in [0.3, 0.4) is 0 Å². The highest BCUT2D eigenvalue weighted by Crippen LogP contribution is 2.31. The van der Waals surface area contributed by atoms with Crippen LogP contribution in [0.1, 0.15) is 18.4 Å². The third-order valence-electron chi connectivity index (χ3n) is 4.15. The van der Waals surface area contributed by atoms with Crippen molar-refractivity contribution >= 4 is 36.4 Å². The van der Waals surface area contributed by atoms with Gasteiger partial charge in [-0.25, -0.2) is 0 Å². The number of ether oxygens (including phenoxy) is 1. The van der Waals surface area contributed by atoms with Crippen LogP contribution >= 0.6 is 24.8 Å². The van der Waals surface area contributed by atoms with Gasteiger partial charge in [0.2, 0.25) is 5.91 Å². The van der Waals surface area contributed by atoms with E-state index >= 15 is 0 Å². The summed E-state index contributed by atoms with van der Waals surface area (Å²) in [6, 6.07) is 8.04. The lowest BCUT2D eigenvalue weighted by molar-refractivity contribution is -0.130. The second-order valence-electron chi connectivity index (χ2n) is 6.36. The molecule has 0 radical (unpaired) electrons. The molecule has 0 aromatic heterocycles. The number of nitrogens with zero attached hydrogens (tertiary/aromatic N) is 1. The van der Waals surface area contributed by atoms with Gasteiger partial charge in [0.25, 0.3) is 0 Å². The molecular formula is C17H29Cl2N3O2. The Morgan fingerprint density at radius 2 is 1.96 bits per heavy atom. The molecule has 2 N–H and O–H groups in total. The SMILES string of the molecule is COCC1(C(=O)Nc2cccc(CN(C)C)c2)CCNCC1.Cl.Cl. The molecule has 0 saturated carbocycles. The average molecular weight is 378 g/mol. The number of hydrogen-bond donors (Lipinski definition) is 2. The van der Waals surface area contributed by atoms with Crippen molar-refractivity contribution in [1.82, 2.24) is 10.2 Å². The molecule has 7 heteroatoms. The fourth-order valence-corrected chi connectivity index (χ4v) is 2.99. The highest BCUT2D eigenvalue weighted by atomic mass is 35.5. The topological polar surface area (TPSA) is 53.6 Å². The van der Waals surface area contributed by atoms with Crippen molar-refractivity contribution in [2.24, 2.45) is 5.41 Å². The van der Waals surface area contributed by atoms with E-state index in [9.17, 15) is 4.79 Å². The lowest BCUT2D eigenvalue weighted by atomic mass is 9.78. The maximum atomic E-state index is 12.8. The van der Waals surface area contributed by atoms with Crippen molar-refractivity contribution in [1.29, 1.82) is 0 Å². The van der Waals surface area contributed by atoms with Crippen molar-refractivity contribution in [2.45, 2.75) is 19.4 Å². The number of nitrogens with one attached hydrogen (secondary N) is 2. The molecule has 1 fully saturated rings. The third-order valence-corrected chi connectivity index (χ3v) is 4.15. The van der Waals surface area contributed by atoms with E-state index in [0.29, 0.717) is 6.61 Å². The second kappa shape index (κ2) is 10.9. The highest BCUT2D eigenvalue weighted by Gasteiger charge is 2.39. The molecule has 0 atom stereocenters. The number of rotatable bonds is 6. The van der Waals surface area contributed by atoms with E-state index in [0.717, 1.165) is 38.2 Å². The molecule has 0 spiro atoms. The molecule has 1 saturated heterocycles. The predicted octanol–water partition coefficient (Wildman–Crippen LogP) is 2.55. The van der Waals surface area contributed by atoms with E-state index in [1.807, 2.05) is 32.3 Å². The molecule has 138 valence electrons. The number of amides is 1. The van der Waals surface area contributed by atoms with Gasteiger partial charge in [-0.3, -0.25) is 4.79 Å². The minimum absolute atomic E-state index is 0. The number of benzene rings is 1. The summed E-state index contributed by atoms with van der Waals surface area (Å²) in [4.78, 5) is 14.9. The molecule has 2 rings (SSSR count). The molecule has 1 amide bonds. The molecule has 0 aliphatic carbocycles. The van der Waals surface area contributed by atoms with Gasteiger partial charge in [0.1, 0.15) is 0 Å². The normalized spacial score (nSPS) is 16.0. The van der Waals surface area contributed by atoms with Gasteiger partial charge in [0.15, 0.2) is 0 Å². The third kappa shape index (κ3) is 6.22. The van der Waals surface area contributed by atoms with Gasteiger partial charge in [-0.2, -0.15) is 0 Å². The molecular weight excluding hydrogens is 349 g/mol. The summed E-state index contributed by atoms with van der Waals surface area (Å²) >= 11 is 0. The molecule has 1 aromatic carbocycles. The zero-order chi connectivity index (χ0) is 16.0.